The monoisotopic (exact) mass is 385 g/mol. The number of nitrogens with one attached hydrogen (secondary N) is 1. The lowest BCUT2D eigenvalue weighted by atomic mass is 10.2. The maximum absolute atomic E-state index is 12.3. The Morgan fingerprint density at radius 3 is 2.23 bits per heavy atom. The van der Waals surface area contributed by atoms with Gasteiger partial charge in [-0.2, -0.15) is 0 Å². The van der Waals surface area contributed by atoms with Crippen molar-refractivity contribution in [3.8, 4) is 11.5 Å². The first-order valence-corrected chi connectivity index (χ1v) is 8.69. The van der Waals surface area contributed by atoms with Crippen molar-refractivity contribution in [3.63, 3.8) is 0 Å². The van der Waals surface area contributed by atoms with Crippen LogP contribution in [0.1, 0.15) is 5.56 Å². The molecule has 0 spiro atoms. The summed E-state index contributed by atoms with van der Waals surface area (Å²) in [5.41, 5.74) is 0.745. The molecule has 2 aromatic rings. The van der Waals surface area contributed by atoms with Gasteiger partial charge in [-0.1, -0.05) is 22.0 Å². The molecule has 2 rings (SSSR count). The molecule has 0 fully saturated rings. The van der Waals surface area contributed by atoms with Crippen molar-refractivity contribution in [2.24, 2.45) is 0 Å². The highest BCUT2D eigenvalue weighted by atomic mass is 79.9. The minimum atomic E-state index is -3.58. The van der Waals surface area contributed by atoms with Crippen LogP contribution in [0.15, 0.2) is 51.8 Å². The molecule has 7 heteroatoms. The van der Waals surface area contributed by atoms with Gasteiger partial charge < -0.3 is 9.47 Å². The van der Waals surface area contributed by atoms with Crippen LogP contribution < -0.4 is 14.2 Å². The third-order valence-corrected chi connectivity index (χ3v) is 4.88. The number of sulfonamides is 1. The maximum Gasteiger partial charge on any atom is 0.240 e. The highest BCUT2D eigenvalue weighted by molar-refractivity contribution is 9.10. The van der Waals surface area contributed by atoms with Crippen molar-refractivity contribution in [2.75, 3.05) is 14.2 Å². The Kier molecular flexibility index (Phi) is 5.44. The van der Waals surface area contributed by atoms with E-state index in [0.29, 0.717) is 16.0 Å². The lowest BCUT2D eigenvalue weighted by molar-refractivity contribution is 0.393. The van der Waals surface area contributed by atoms with Gasteiger partial charge in [0.25, 0.3) is 0 Å². The molecule has 118 valence electrons. The topological polar surface area (TPSA) is 64.6 Å². The van der Waals surface area contributed by atoms with Gasteiger partial charge in [0, 0.05) is 17.1 Å². The Morgan fingerprint density at radius 2 is 1.68 bits per heavy atom. The number of hydrogen-bond acceptors (Lipinski definition) is 4. The molecule has 5 nitrogen and oxygen atoms in total. The number of ether oxygens (including phenoxy) is 2. The van der Waals surface area contributed by atoms with Gasteiger partial charge in [0.2, 0.25) is 10.0 Å². The van der Waals surface area contributed by atoms with Gasteiger partial charge in [-0.3, -0.25) is 0 Å². The van der Waals surface area contributed by atoms with Crippen LogP contribution in [0, 0.1) is 0 Å². The van der Waals surface area contributed by atoms with Crippen LogP contribution in [-0.4, -0.2) is 22.6 Å². The van der Waals surface area contributed by atoms with Crippen LogP contribution in [0.5, 0.6) is 11.5 Å². The largest absolute Gasteiger partial charge is 0.497 e. The molecule has 0 aliphatic heterocycles. The van der Waals surface area contributed by atoms with E-state index < -0.39 is 10.0 Å². The van der Waals surface area contributed by atoms with E-state index >= 15 is 0 Å². The Hall–Kier alpha value is -1.57. The predicted molar refractivity (Wildman–Crippen MR) is 87.7 cm³/mol. The summed E-state index contributed by atoms with van der Waals surface area (Å²) in [6, 6.07) is 11.8. The van der Waals surface area contributed by atoms with Gasteiger partial charge in [-0.15, -0.1) is 0 Å². The quantitative estimate of drug-likeness (QED) is 0.829. The van der Waals surface area contributed by atoms with E-state index in [0.717, 1.165) is 5.56 Å². The van der Waals surface area contributed by atoms with Gasteiger partial charge >= 0.3 is 0 Å². The lowest BCUT2D eigenvalue weighted by Crippen LogP contribution is -2.23. The average Bonchev–Trinajstić information content (AvgIpc) is 2.52. The molecule has 0 saturated carbocycles. The molecular weight excluding hydrogens is 370 g/mol. The summed E-state index contributed by atoms with van der Waals surface area (Å²) in [5.74, 6) is 1.21. The zero-order chi connectivity index (χ0) is 16.2. The van der Waals surface area contributed by atoms with Crippen molar-refractivity contribution < 1.29 is 17.9 Å². The summed E-state index contributed by atoms with van der Waals surface area (Å²) in [5, 5.41) is 0. The van der Waals surface area contributed by atoms with E-state index in [2.05, 4.69) is 20.7 Å². The van der Waals surface area contributed by atoms with Crippen molar-refractivity contribution in [1.29, 1.82) is 0 Å². The molecule has 1 N–H and O–H groups in total. The first kappa shape index (κ1) is 16.8. The van der Waals surface area contributed by atoms with Crippen LogP contribution in [-0.2, 0) is 16.6 Å². The molecule has 2 aromatic carbocycles. The van der Waals surface area contributed by atoms with Crippen LogP contribution >= 0.6 is 15.9 Å². The fraction of sp³-hybridized carbons (Fsp3) is 0.200. The molecule has 0 aromatic heterocycles. The first-order chi connectivity index (χ1) is 10.4. The van der Waals surface area contributed by atoms with E-state index in [9.17, 15) is 8.42 Å². The number of halogens is 1. The molecule has 0 unspecified atom stereocenters. The summed E-state index contributed by atoms with van der Waals surface area (Å²) in [4.78, 5) is 0.205. The predicted octanol–water partition coefficient (Wildman–Crippen LogP) is 2.94. The Labute approximate surface area is 138 Å². The fourth-order valence-electron chi connectivity index (χ4n) is 1.86. The van der Waals surface area contributed by atoms with Crippen molar-refractivity contribution in [3.05, 3.63) is 52.5 Å². The molecule has 0 aliphatic rings. The Balaban J connectivity index is 2.18. The standard InChI is InChI=1S/C15H16BrNO4S/c1-20-13-6-11(7-14(9-13)21-2)10-17-22(18,19)15-5-3-4-12(16)8-15/h3-9,17H,10H2,1-2H3. The first-order valence-electron chi connectivity index (χ1n) is 6.42. The van der Waals surface area contributed by atoms with Crippen molar-refractivity contribution in [2.45, 2.75) is 11.4 Å². The minimum absolute atomic E-state index is 0.141. The zero-order valence-corrected chi connectivity index (χ0v) is 14.6. The number of rotatable bonds is 6. The van der Waals surface area contributed by atoms with E-state index in [-0.39, 0.29) is 11.4 Å². The number of benzene rings is 2. The van der Waals surface area contributed by atoms with Gasteiger partial charge in [0.05, 0.1) is 19.1 Å². The smallest absolute Gasteiger partial charge is 0.240 e. The molecule has 0 aliphatic carbocycles. The normalized spacial score (nSPS) is 11.2. The highest BCUT2D eigenvalue weighted by Crippen LogP contribution is 2.23. The van der Waals surface area contributed by atoms with Crippen molar-refractivity contribution in [1.82, 2.24) is 4.72 Å². The third-order valence-electron chi connectivity index (χ3n) is 2.98. The summed E-state index contributed by atoms with van der Waals surface area (Å²) >= 11 is 3.26. The van der Waals surface area contributed by atoms with E-state index in [1.54, 1.807) is 56.7 Å². The SMILES string of the molecule is COc1cc(CNS(=O)(=O)c2cccc(Br)c2)cc(OC)c1. The van der Waals surface area contributed by atoms with Crippen molar-refractivity contribution >= 4 is 26.0 Å². The highest BCUT2D eigenvalue weighted by Gasteiger charge is 2.14. The molecule has 0 bridgehead atoms. The third kappa shape index (κ3) is 4.22. The molecule has 0 atom stereocenters. The molecule has 0 radical (unpaired) electrons. The second kappa shape index (κ2) is 7.13. The summed E-state index contributed by atoms with van der Waals surface area (Å²) in [6.45, 7) is 0.141. The second-order valence-electron chi connectivity index (χ2n) is 4.50. The Morgan fingerprint density at radius 1 is 1.05 bits per heavy atom. The minimum Gasteiger partial charge on any atom is -0.497 e. The fourth-order valence-corrected chi connectivity index (χ4v) is 3.48. The summed E-state index contributed by atoms with van der Waals surface area (Å²) in [6.07, 6.45) is 0. The molecule has 0 amide bonds. The molecule has 22 heavy (non-hydrogen) atoms. The van der Waals surface area contributed by atoms with E-state index in [1.165, 1.54) is 0 Å². The van der Waals surface area contributed by atoms with Crippen LogP contribution in [0.3, 0.4) is 0 Å². The zero-order valence-electron chi connectivity index (χ0n) is 12.2. The number of hydrogen-bond donors (Lipinski definition) is 1. The second-order valence-corrected chi connectivity index (χ2v) is 7.19. The van der Waals surface area contributed by atoms with E-state index in [1.807, 2.05) is 0 Å². The maximum atomic E-state index is 12.3. The summed E-state index contributed by atoms with van der Waals surface area (Å²) < 4.78 is 38.1. The molecule has 0 heterocycles. The number of methoxy groups -OCH3 is 2. The van der Waals surface area contributed by atoms with Gasteiger partial charge in [0.15, 0.2) is 0 Å². The van der Waals surface area contributed by atoms with Gasteiger partial charge in [-0.25, -0.2) is 13.1 Å². The average molecular weight is 386 g/mol. The van der Waals surface area contributed by atoms with E-state index in [4.69, 9.17) is 9.47 Å². The van der Waals surface area contributed by atoms with Gasteiger partial charge in [0.1, 0.15) is 11.5 Å². The molecular formula is C15H16BrNO4S. The van der Waals surface area contributed by atoms with Crippen LogP contribution in [0.25, 0.3) is 0 Å². The van der Waals surface area contributed by atoms with Gasteiger partial charge in [-0.05, 0) is 35.9 Å². The van der Waals surface area contributed by atoms with Crippen LogP contribution in [0.4, 0.5) is 0 Å². The summed E-state index contributed by atoms with van der Waals surface area (Å²) in [7, 11) is -0.490. The Bertz CT molecular complexity index is 740. The van der Waals surface area contributed by atoms with Crippen LogP contribution in [0.2, 0.25) is 0 Å². The molecule has 0 saturated heterocycles. The lowest BCUT2D eigenvalue weighted by Gasteiger charge is -2.10.